The van der Waals surface area contributed by atoms with E-state index in [4.69, 9.17) is 19.8 Å². The molecule has 0 atom stereocenters. The molecule has 2 aromatic rings. The van der Waals surface area contributed by atoms with Crippen LogP contribution in [0.25, 0.3) is 0 Å². The van der Waals surface area contributed by atoms with Gasteiger partial charge in [0.2, 0.25) is 0 Å². The Labute approximate surface area is 136 Å². The monoisotopic (exact) mass is 366 g/mol. The second kappa shape index (κ2) is 8.78. The molecule has 0 saturated heterocycles. The van der Waals surface area contributed by atoms with Crippen molar-refractivity contribution in [2.45, 2.75) is 13.5 Å². The summed E-state index contributed by atoms with van der Waals surface area (Å²) in [6.07, 6.45) is 1.81. The highest BCUT2D eigenvalue weighted by molar-refractivity contribution is 9.10. The zero-order chi connectivity index (χ0) is 16.5. The van der Waals surface area contributed by atoms with E-state index in [0.29, 0.717) is 0 Å². The van der Waals surface area contributed by atoms with Gasteiger partial charge in [-0.3, -0.25) is 4.98 Å². The van der Waals surface area contributed by atoms with E-state index >= 15 is 0 Å². The van der Waals surface area contributed by atoms with Crippen molar-refractivity contribution in [3.05, 3.63) is 58.3 Å². The van der Waals surface area contributed by atoms with E-state index < -0.39 is 11.9 Å². The molecule has 1 aromatic heterocycles. The second-order valence-corrected chi connectivity index (χ2v) is 5.12. The molecule has 0 saturated carbocycles. The molecule has 0 unspecified atom stereocenters. The van der Waals surface area contributed by atoms with Gasteiger partial charge in [0.05, 0.1) is 12.2 Å². The van der Waals surface area contributed by atoms with Crippen LogP contribution in [0.5, 0.6) is 0 Å². The maximum absolute atomic E-state index is 9.10. The summed E-state index contributed by atoms with van der Waals surface area (Å²) in [6.45, 7) is 2.82. The summed E-state index contributed by atoms with van der Waals surface area (Å²) in [5, 5.41) is 18.1. The number of aryl methyl sites for hydroxylation is 1. The van der Waals surface area contributed by atoms with Crippen molar-refractivity contribution in [2.75, 3.05) is 5.32 Å². The Kier molecular flexibility index (Phi) is 7.04. The normalized spacial score (nSPS) is 9.36. The molecule has 7 heteroatoms. The fourth-order valence-corrected chi connectivity index (χ4v) is 2.09. The summed E-state index contributed by atoms with van der Waals surface area (Å²) in [5.41, 5.74) is 3.38. The molecule has 6 nitrogen and oxygen atoms in total. The molecule has 116 valence electrons. The van der Waals surface area contributed by atoms with Gasteiger partial charge in [0.1, 0.15) is 0 Å². The van der Waals surface area contributed by atoms with Crippen LogP contribution in [0.3, 0.4) is 0 Å². The Hall–Kier alpha value is -2.41. The topological polar surface area (TPSA) is 99.5 Å². The molecule has 22 heavy (non-hydrogen) atoms. The number of pyridine rings is 1. The van der Waals surface area contributed by atoms with Gasteiger partial charge in [-0.15, -0.1) is 0 Å². The number of carboxylic acids is 2. The van der Waals surface area contributed by atoms with Crippen LogP contribution in [-0.4, -0.2) is 27.1 Å². The quantitative estimate of drug-likeness (QED) is 0.722. The lowest BCUT2D eigenvalue weighted by Crippen LogP contribution is -2.09. The smallest absolute Gasteiger partial charge is 0.414 e. The van der Waals surface area contributed by atoms with Gasteiger partial charge in [-0.2, -0.15) is 0 Å². The van der Waals surface area contributed by atoms with E-state index in [9.17, 15) is 0 Å². The van der Waals surface area contributed by atoms with Crippen LogP contribution in [0.1, 0.15) is 11.3 Å². The van der Waals surface area contributed by atoms with Gasteiger partial charge in [0.15, 0.2) is 0 Å². The third kappa shape index (κ3) is 6.36. The molecule has 1 aromatic carbocycles. The van der Waals surface area contributed by atoms with Crippen LogP contribution >= 0.6 is 15.9 Å². The summed E-state index contributed by atoms with van der Waals surface area (Å²) in [7, 11) is 0. The number of carboxylic acid groups (broad SMARTS) is 2. The molecule has 3 N–H and O–H groups in total. The highest BCUT2D eigenvalue weighted by atomic mass is 79.9. The SMILES string of the molecule is Cc1ccc(NCc2ccccn2)c(Br)c1.O=C(O)C(=O)O. The number of halogens is 1. The van der Waals surface area contributed by atoms with Gasteiger partial charge in [0.25, 0.3) is 0 Å². The number of hydrogen-bond donors (Lipinski definition) is 3. The van der Waals surface area contributed by atoms with Crippen molar-refractivity contribution >= 4 is 33.6 Å². The Bertz CT molecular complexity index is 635. The van der Waals surface area contributed by atoms with Crippen LogP contribution in [0, 0.1) is 6.92 Å². The predicted molar refractivity (Wildman–Crippen MR) is 85.7 cm³/mol. The van der Waals surface area contributed by atoms with Crippen LogP contribution in [-0.2, 0) is 16.1 Å². The number of aliphatic carboxylic acids is 2. The lowest BCUT2D eigenvalue weighted by atomic mass is 10.2. The molecular formula is C15H15BrN2O4. The molecule has 1 heterocycles. The van der Waals surface area contributed by atoms with E-state index in [1.807, 2.05) is 18.2 Å². The lowest BCUT2D eigenvalue weighted by Gasteiger charge is -2.08. The van der Waals surface area contributed by atoms with Gasteiger partial charge in [-0.05, 0) is 52.7 Å². The number of carbonyl (C=O) groups is 2. The van der Waals surface area contributed by atoms with Gasteiger partial charge in [-0.25, -0.2) is 9.59 Å². The fourth-order valence-electron chi connectivity index (χ4n) is 1.45. The van der Waals surface area contributed by atoms with Crippen molar-refractivity contribution in [1.29, 1.82) is 0 Å². The van der Waals surface area contributed by atoms with Crippen LogP contribution < -0.4 is 5.32 Å². The van der Waals surface area contributed by atoms with Crippen molar-refractivity contribution in [1.82, 2.24) is 4.98 Å². The van der Waals surface area contributed by atoms with Crippen molar-refractivity contribution in [2.24, 2.45) is 0 Å². The molecule has 0 radical (unpaired) electrons. The number of hydrogen-bond acceptors (Lipinski definition) is 4. The molecule has 0 bridgehead atoms. The zero-order valence-corrected chi connectivity index (χ0v) is 13.4. The molecule has 0 spiro atoms. The van der Waals surface area contributed by atoms with Gasteiger partial charge in [0, 0.05) is 16.4 Å². The summed E-state index contributed by atoms with van der Waals surface area (Å²) in [6, 6.07) is 12.2. The van der Waals surface area contributed by atoms with Crippen molar-refractivity contribution in [3.8, 4) is 0 Å². The number of rotatable bonds is 3. The number of anilines is 1. The third-order valence-electron chi connectivity index (χ3n) is 2.49. The largest absolute Gasteiger partial charge is 0.473 e. The Morgan fingerprint density at radius 1 is 1.18 bits per heavy atom. The minimum atomic E-state index is -1.82. The first-order valence-electron chi connectivity index (χ1n) is 6.26. The van der Waals surface area contributed by atoms with Crippen LogP contribution in [0.2, 0.25) is 0 Å². The van der Waals surface area contributed by atoms with E-state index in [1.54, 1.807) is 6.20 Å². The lowest BCUT2D eigenvalue weighted by molar-refractivity contribution is -0.159. The average molecular weight is 367 g/mol. The minimum absolute atomic E-state index is 0.739. The maximum atomic E-state index is 9.10. The Balaban J connectivity index is 0.000000346. The summed E-state index contributed by atoms with van der Waals surface area (Å²) >= 11 is 3.54. The summed E-state index contributed by atoms with van der Waals surface area (Å²) in [5.74, 6) is -3.65. The van der Waals surface area contributed by atoms with Gasteiger partial charge in [-0.1, -0.05) is 12.1 Å². The van der Waals surface area contributed by atoms with Gasteiger partial charge >= 0.3 is 11.9 Å². The van der Waals surface area contributed by atoms with Crippen molar-refractivity contribution in [3.63, 3.8) is 0 Å². The number of nitrogens with zero attached hydrogens (tertiary/aromatic N) is 1. The van der Waals surface area contributed by atoms with E-state index in [2.05, 4.69) is 51.4 Å². The molecule has 0 aliphatic carbocycles. The third-order valence-corrected chi connectivity index (χ3v) is 3.15. The summed E-state index contributed by atoms with van der Waals surface area (Å²) in [4.78, 5) is 22.5. The molecule has 0 fully saturated rings. The number of aromatic nitrogens is 1. The van der Waals surface area contributed by atoms with Gasteiger partial charge < -0.3 is 15.5 Å². The highest BCUT2D eigenvalue weighted by Crippen LogP contribution is 2.23. The summed E-state index contributed by atoms with van der Waals surface area (Å²) < 4.78 is 1.09. The first-order valence-corrected chi connectivity index (χ1v) is 7.05. The maximum Gasteiger partial charge on any atom is 0.414 e. The molecule has 0 amide bonds. The van der Waals surface area contributed by atoms with Crippen LogP contribution in [0.15, 0.2) is 47.1 Å². The molecule has 0 aliphatic rings. The van der Waals surface area contributed by atoms with Crippen LogP contribution in [0.4, 0.5) is 5.69 Å². The van der Waals surface area contributed by atoms with Crippen molar-refractivity contribution < 1.29 is 19.8 Å². The molecule has 0 aliphatic heterocycles. The Morgan fingerprint density at radius 2 is 1.86 bits per heavy atom. The molecule has 2 rings (SSSR count). The first kappa shape index (κ1) is 17.6. The fraction of sp³-hybridized carbons (Fsp3) is 0.133. The minimum Gasteiger partial charge on any atom is -0.473 e. The number of benzene rings is 1. The first-order chi connectivity index (χ1) is 10.4. The van der Waals surface area contributed by atoms with E-state index in [0.717, 1.165) is 22.4 Å². The standard InChI is InChI=1S/C13H13BrN2.C2H2O4/c1-10-5-6-13(12(14)8-10)16-9-11-4-2-3-7-15-11;3-1(4)2(5)6/h2-8,16H,9H2,1H3;(H,3,4)(H,5,6). The van der Waals surface area contributed by atoms with E-state index in [-0.39, 0.29) is 0 Å². The van der Waals surface area contributed by atoms with E-state index in [1.165, 1.54) is 5.56 Å². The zero-order valence-electron chi connectivity index (χ0n) is 11.8. The predicted octanol–water partition coefficient (Wildman–Crippen LogP) is 2.92. The number of nitrogens with one attached hydrogen (secondary N) is 1. The second-order valence-electron chi connectivity index (χ2n) is 4.27. The average Bonchev–Trinajstić information content (AvgIpc) is 2.48. The highest BCUT2D eigenvalue weighted by Gasteiger charge is 2.04. The Morgan fingerprint density at radius 3 is 2.36 bits per heavy atom. The molecular weight excluding hydrogens is 352 g/mol.